The number of benzene rings is 1. The number of rotatable bonds is 5. The first-order valence-electron chi connectivity index (χ1n) is 9.51. The number of anilines is 1. The standard InChI is InChI=1S/C20H28N6O/c1-4-16-8-6-7-9-17(16)12-22-20(21-5-2)25-10-11-26(19(27)15-25)18-13-23-24(3)14-18/h6-9,13-14H,4-5,10-12,15H2,1-3H3,(H,21,22). The van der Waals surface area contributed by atoms with Gasteiger partial charge in [0, 0.05) is 32.9 Å². The number of guanidine groups is 1. The van der Waals surface area contributed by atoms with Crippen LogP contribution in [0.3, 0.4) is 0 Å². The van der Waals surface area contributed by atoms with Crippen LogP contribution in [0.4, 0.5) is 5.69 Å². The minimum Gasteiger partial charge on any atom is -0.356 e. The maximum Gasteiger partial charge on any atom is 0.246 e. The van der Waals surface area contributed by atoms with Gasteiger partial charge in [0.15, 0.2) is 5.96 Å². The predicted octanol–water partition coefficient (Wildman–Crippen LogP) is 1.80. The Hall–Kier alpha value is -2.83. The zero-order valence-electron chi connectivity index (χ0n) is 16.4. The van der Waals surface area contributed by atoms with Crippen LogP contribution in [0, 0.1) is 0 Å². The number of hydrogen-bond acceptors (Lipinski definition) is 3. The number of amides is 1. The second kappa shape index (κ2) is 8.70. The molecule has 1 N–H and O–H groups in total. The van der Waals surface area contributed by atoms with Gasteiger partial charge in [-0.25, -0.2) is 4.99 Å². The van der Waals surface area contributed by atoms with E-state index in [1.54, 1.807) is 15.8 Å². The molecule has 0 unspecified atom stereocenters. The fourth-order valence-electron chi connectivity index (χ4n) is 3.32. The molecule has 0 aliphatic carbocycles. The van der Waals surface area contributed by atoms with Crippen LogP contribution >= 0.6 is 0 Å². The Morgan fingerprint density at radius 2 is 2.00 bits per heavy atom. The summed E-state index contributed by atoms with van der Waals surface area (Å²) in [5.74, 6) is 0.858. The predicted molar refractivity (Wildman–Crippen MR) is 108 cm³/mol. The van der Waals surface area contributed by atoms with Crippen LogP contribution in [0.5, 0.6) is 0 Å². The van der Waals surface area contributed by atoms with Crippen LogP contribution in [0.2, 0.25) is 0 Å². The van der Waals surface area contributed by atoms with Gasteiger partial charge in [0.25, 0.3) is 0 Å². The third-order valence-electron chi connectivity index (χ3n) is 4.76. The van der Waals surface area contributed by atoms with E-state index in [2.05, 4.69) is 35.5 Å². The van der Waals surface area contributed by atoms with E-state index in [-0.39, 0.29) is 5.91 Å². The van der Waals surface area contributed by atoms with Gasteiger partial charge >= 0.3 is 0 Å². The normalized spacial score (nSPS) is 15.4. The Morgan fingerprint density at radius 1 is 1.22 bits per heavy atom. The zero-order chi connectivity index (χ0) is 19.2. The average molecular weight is 368 g/mol. The van der Waals surface area contributed by atoms with E-state index in [0.29, 0.717) is 19.6 Å². The second-order valence-corrected chi connectivity index (χ2v) is 6.63. The van der Waals surface area contributed by atoms with Crippen LogP contribution in [0.1, 0.15) is 25.0 Å². The Labute approximate surface area is 160 Å². The summed E-state index contributed by atoms with van der Waals surface area (Å²) in [5.41, 5.74) is 3.39. The highest BCUT2D eigenvalue weighted by Crippen LogP contribution is 2.16. The van der Waals surface area contributed by atoms with Crippen molar-refractivity contribution in [1.82, 2.24) is 20.0 Å². The molecule has 1 aromatic heterocycles. The minimum absolute atomic E-state index is 0.0637. The van der Waals surface area contributed by atoms with E-state index >= 15 is 0 Å². The van der Waals surface area contributed by atoms with Crippen LogP contribution < -0.4 is 10.2 Å². The van der Waals surface area contributed by atoms with Gasteiger partial charge in [-0.15, -0.1) is 0 Å². The number of aryl methyl sites for hydroxylation is 2. The summed E-state index contributed by atoms with van der Waals surface area (Å²) in [7, 11) is 1.86. The number of nitrogens with zero attached hydrogens (tertiary/aromatic N) is 5. The second-order valence-electron chi connectivity index (χ2n) is 6.63. The highest BCUT2D eigenvalue weighted by molar-refractivity contribution is 5.98. The largest absolute Gasteiger partial charge is 0.356 e. The lowest BCUT2D eigenvalue weighted by Gasteiger charge is -2.35. The number of hydrogen-bond donors (Lipinski definition) is 1. The van der Waals surface area contributed by atoms with Gasteiger partial charge < -0.3 is 15.1 Å². The molecule has 0 spiro atoms. The molecule has 2 heterocycles. The van der Waals surface area contributed by atoms with Crippen molar-refractivity contribution in [3.63, 3.8) is 0 Å². The number of piperazine rings is 1. The van der Waals surface area contributed by atoms with E-state index in [4.69, 9.17) is 4.99 Å². The SMILES string of the molecule is CCNC(=NCc1ccccc1CC)N1CCN(c2cnn(C)c2)C(=O)C1. The summed E-state index contributed by atoms with van der Waals surface area (Å²) in [4.78, 5) is 21.3. The van der Waals surface area contributed by atoms with E-state index in [0.717, 1.165) is 31.2 Å². The summed E-state index contributed by atoms with van der Waals surface area (Å²) in [6.45, 7) is 7.26. The Bertz CT molecular complexity index is 812. The third kappa shape index (κ3) is 4.48. The molecule has 2 aromatic rings. The number of carbonyl (C=O) groups excluding carboxylic acids is 1. The van der Waals surface area contributed by atoms with Crippen LogP contribution in [0.25, 0.3) is 0 Å². The van der Waals surface area contributed by atoms with Crippen molar-refractivity contribution in [2.24, 2.45) is 12.0 Å². The molecule has 1 saturated heterocycles. The number of aromatic nitrogens is 2. The lowest BCUT2D eigenvalue weighted by atomic mass is 10.1. The van der Waals surface area contributed by atoms with Gasteiger partial charge in [0.2, 0.25) is 5.91 Å². The zero-order valence-corrected chi connectivity index (χ0v) is 16.4. The summed E-state index contributed by atoms with van der Waals surface area (Å²) < 4.78 is 1.71. The Morgan fingerprint density at radius 3 is 2.63 bits per heavy atom. The quantitative estimate of drug-likeness (QED) is 0.646. The van der Waals surface area contributed by atoms with Crippen molar-refractivity contribution in [3.05, 3.63) is 47.8 Å². The molecule has 1 aliphatic rings. The fourth-order valence-corrected chi connectivity index (χ4v) is 3.32. The van der Waals surface area contributed by atoms with E-state index in [9.17, 15) is 4.79 Å². The molecular formula is C20H28N6O. The topological polar surface area (TPSA) is 65.8 Å². The number of nitrogens with one attached hydrogen (secondary N) is 1. The van der Waals surface area contributed by atoms with Gasteiger partial charge in [0.1, 0.15) is 6.54 Å². The lowest BCUT2D eigenvalue weighted by molar-refractivity contribution is -0.120. The van der Waals surface area contributed by atoms with Crippen LogP contribution in [-0.2, 0) is 24.8 Å². The van der Waals surface area contributed by atoms with Crippen molar-refractivity contribution >= 4 is 17.6 Å². The maximum atomic E-state index is 12.7. The Balaban J connectivity index is 1.71. The molecule has 3 rings (SSSR count). The summed E-state index contributed by atoms with van der Waals surface area (Å²) >= 11 is 0. The molecule has 7 heteroatoms. The average Bonchev–Trinajstić information content (AvgIpc) is 3.11. The molecule has 0 radical (unpaired) electrons. The van der Waals surface area contributed by atoms with Crippen LogP contribution in [0.15, 0.2) is 41.7 Å². The van der Waals surface area contributed by atoms with Crippen molar-refractivity contribution in [3.8, 4) is 0 Å². The molecule has 1 aliphatic heterocycles. The molecule has 0 bridgehead atoms. The molecule has 0 atom stereocenters. The molecule has 1 amide bonds. The first-order valence-corrected chi connectivity index (χ1v) is 9.51. The number of aliphatic imine (C=N–C) groups is 1. The molecular weight excluding hydrogens is 340 g/mol. The smallest absolute Gasteiger partial charge is 0.246 e. The highest BCUT2D eigenvalue weighted by atomic mass is 16.2. The van der Waals surface area contributed by atoms with E-state index in [1.807, 2.05) is 31.1 Å². The van der Waals surface area contributed by atoms with E-state index in [1.165, 1.54) is 11.1 Å². The Kier molecular flexibility index (Phi) is 6.11. The van der Waals surface area contributed by atoms with Crippen LogP contribution in [-0.4, -0.2) is 52.7 Å². The van der Waals surface area contributed by atoms with Crippen molar-refractivity contribution in [1.29, 1.82) is 0 Å². The molecule has 7 nitrogen and oxygen atoms in total. The first kappa shape index (κ1) is 18.9. The van der Waals surface area contributed by atoms with Gasteiger partial charge in [-0.2, -0.15) is 5.10 Å². The molecule has 144 valence electrons. The third-order valence-corrected chi connectivity index (χ3v) is 4.76. The van der Waals surface area contributed by atoms with Gasteiger partial charge in [0.05, 0.1) is 18.4 Å². The van der Waals surface area contributed by atoms with Gasteiger partial charge in [-0.05, 0) is 24.5 Å². The summed E-state index contributed by atoms with van der Waals surface area (Å²) in [6, 6.07) is 8.38. The molecule has 1 fully saturated rings. The lowest BCUT2D eigenvalue weighted by Crippen LogP contribution is -2.55. The molecule has 27 heavy (non-hydrogen) atoms. The minimum atomic E-state index is 0.0637. The molecule has 0 saturated carbocycles. The molecule has 1 aromatic carbocycles. The highest BCUT2D eigenvalue weighted by Gasteiger charge is 2.27. The monoisotopic (exact) mass is 368 g/mol. The van der Waals surface area contributed by atoms with Gasteiger partial charge in [-0.3, -0.25) is 9.48 Å². The van der Waals surface area contributed by atoms with Gasteiger partial charge in [-0.1, -0.05) is 31.2 Å². The fraction of sp³-hybridized carbons (Fsp3) is 0.450. The first-order chi connectivity index (χ1) is 13.1. The summed E-state index contributed by atoms with van der Waals surface area (Å²) in [5, 5.41) is 7.49. The maximum absolute atomic E-state index is 12.7. The van der Waals surface area contributed by atoms with E-state index < -0.39 is 0 Å². The summed E-state index contributed by atoms with van der Waals surface area (Å²) in [6.07, 6.45) is 4.59. The van der Waals surface area contributed by atoms with Crippen molar-refractivity contribution in [2.45, 2.75) is 26.8 Å². The van der Waals surface area contributed by atoms with Crippen molar-refractivity contribution in [2.75, 3.05) is 31.1 Å². The number of carbonyl (C=O) groups is 1. The van der Waals surface area contributed by atoms with Crippen molar-refractivity contribution < 1.29 is 4.79 Å².